The Morgan fingerprint density at radius 1 is 0.906 bits per heavy atom. The smallest absolute Gasteiger partial charge is 0.324 e. The van der Waals surface area contributed by atoms with Crippen molar-refractivity contribution in [2.45, 2.75) is 71.1 Å². The van der Waals surface area contributed by atoms with Gasteiger partial charge >= 0.3 is 6.03 Å². The second kappa shape index (κ2) is 21.6. The van der Waals surface area contributed by atoms with Gasteiger partial charge in [0, 0.05) is 67.8 Å². The number of ether oxygens (including phenoxy) is 1. The predicted octanol–water partition coefficient (Wildman–Crippen LogP) is 6.82. The average Bonchev–Trinajstić information content (AvgIpc) is 3.69. The molecule has 5 rings (SSSR count). The van der Waals surface area contributed by atoms with E-state index in [1.54, 1.807) is 36.4 Å². The Morgan fingerprint density at radius 3 is 2.38 bits per heavy atom. The molecule has 334 valence electrons. The van der Waals surface area contributed by atoms with Gasteiger partial charge in [0.1, 0.15) is 35.4 Å². The molecule has 2 aromatic carbocycles. The Balaban J connectivity index is 1.22. The number of carbonyl (C=O) groups is 4. The van der Waals surface area contributed by atoms with Crippen LogP contribution < -0.4 is 26.0 Å². The summed E-state index contributed by atoms with van der Waals surface area (Å²) in [5.74, 6) is 0.556. The van der Waals surface area contributed by atoms with Crippen LogP contribution in [0.2, 0.25) is 0 Å². The minimum atomic E-state index is -3.97. The van der Waals surface area contributed by atoms with Crippen LogP contribution in [0.25, 0.3) is 16.6 Å². The molecular formula is C45H49FN10O7S. The van der Waals surface area contributed by atoms with Crippen molar-refractivity contribution in [2.75, 3.05) is 36.5 Å². The van der Waals surface area contributed by atoms with Gasteiger partial charge in [0.25, 0.3) is 11.8 Å². The van der Waals surface area contributed by atoms with Gasteiger partial charge in [0.15, 0.2) is 0 Å². The lowest BCUT2D eigenvalue weighted by atomic mass is 9.92. The number of aromatic nitrogens is 4. The van der Waals surface area contributed by atoms with Crippen molar-refractivity contribution < 1.29 is 36.7 Å². The number of terminal acetylenes is 1. The number of hydrogen-bond acceptors (Lipinski definition) is 11. The molecule has 0 spiro atoms. The average molecular weight is 893 g/mol. The Bertz CT molecular complexity index is 2720. The monoisotopic (exact) mass is 892 g/mol. The standard InChI is InChI=1S/C45H49FN10O7S/c1-6-7-10-13-41(57)55(24-20-47)64(61,62)25-12-9-8-11-21-51-42(58)33-19-23-49-36-16-14-30(26-34(33)36)56-40(29-39(54-56)45(2,3)4)53-44(60)52-37-17-15-31(27-35(37)46)63-32-18-22-50-38(28-32)43(59)48-5/h1,14-19,22-23,26-29H,7-13,21,24-25H2,2-5H3,(H,48,59)(H,51,58)(H2,52,53,60). The molecule has 5 aromatic rings. The molecular weight excluding hydrogens is 844 g/mol. The van der Waals surface area contributed by atoms with Crippen molar-refractivity contribution in [3.8, 4) is 35.6 Å². The maximum atomic E-state index is 15.3. The van der Waals surface area contributed by atoms with Crippen molar-refractivity contribution in [1.29, 1.82) is 5.26 Å². The summed E-state index contributed by atoms with van der Waals surface area (Å²) in [6.45, 7) is 5.63. The fourth-order valence-corrected chi connectivity index (χ4v) is 7.78. The van der Waals surface area contributed by atoms with Crippen LogP contribution in [-0.4, -0.2) is 82.1 Å². The largest absolute Gasteiger partial charge is 0.457 e. The van der Waals surface area contributed by atoms with Gasteiger partial charge in [-0.2, -0.15) is 10.4 Å². The number of unbranched alkanes of at least 4 members (excludes halogenated alkanes) is 4. The SMILES string of the molecule is C#CCCCC(=O)N(CC#N)S(=O)(=O)CCCCCCNC(=O)c1ccnc2ccc(-n3nc(C(C)(C)C)cc3NC(=O)Nc3ccc(Oc4ccnc(C(=O)NC)c4)cc3F)cc12. The van der Waals surface area contributed by atoms with Crippen molar-refractivity contribution >= 4 is 56.2 Å². The number of fused-ring (bicyclic) bond motifs is 1. The second-order valence-corrected chi connectivity index (χ2v) is 17.5. The summed E-state index contributed by atoms with van der Waals surface area (Å²) in [6.07, 6.45) is 10.7. The molecule has 3 aromatic heterocycles. The van der Waals surface area contributed by atoms with Gasteiger partial charge in [-0.25, -0.2) is 26.6 Å². The van der Waals surface area contributed by atoms with E-state index in [-0.39, 0.29) is 53.2 Å². The van der Waals surface area contributed by atoms with Gasteiger partial charge in [0.2, 0.25) is 15.9 Å². The van der Waals surface area contributed by atoms with Crippen LogP contribution in [0.5, 0.6) is 11.5 Å². The topological polar surface area (TPSA) is 230 Å². The third kappa shape index (κ3) is 12.6. The van der Waals surface area contributed by atoms with E-state index in [0.717, 1.165) is 6.07 Å². The summed E-state index contributed by atoms with van der Waals surface area (Å²) in [6, 6.07) is 16.3. The molecule has 0 radical (unpaired) electrons. The molecule has 0 bridgehead atoms. The van der Waals surface area contributed by atoms with E-state index in [2.05, 4.69) is 37.2 Å². The normalized spacial score (nSPS) is 11.2. The zero-order chi connectivity index (χ0) is 46.4. The van der Waals surface area contributed by atoms with Gasteiger partial charge in [-0.3, -0.25) is 29.7 Å². The molecule has 4 N–H and O–H groups in total. The highest BCUT2D eigenvalue weighted by molar-refractivity contribution is 7.89. The summed E-state index contributed by atoms with van der Waals surface area (Å²) in [5.41, 5.74) is 1.57. The van der Waals surface area contributed by atoms with E-state index in [0.29, 0.717) is 70.8 Å². The summed E-state index contributed by atoms with van der Waals surface area (Å²) in [7, 11) is -2.50. The number of rotatable bonds is 19. The lowest BCUT2D eigenvalue weighted by molar-refractivity contribution is -0.126. The molecule has 0 saturated heterocycles. The maximum Gasteiger partial charge on any atom is 0.324 e. The number of halogens is 1. The Kier molecular flexibility index (Phi) is 16.1. The van der Waals surface area contributed by atoms with E-state index in [4.69, 9.17) is 21.5 Å². The van der Waals surface area contributed by atoms with Gasteiger partial charge in [-0.05, 0) is 61.7 Å². The first-order valence-corrected chi connectivity index (χ1v) is 22.0. The van der Waals surface area contributed by atoms with Crippen LogP contribution in [0, 0.1) is 29.5 Å². The third-order valence-electron chi connectivity index (χ3n) is 9.70. The summed E-state index contributed by atoms with van der Waals surface area (Å²) in [5, 5.41) is 25.1. The summed E-state index contributed by atoms with van der Waals surface area (Å²) >= 11 is 0. The molecule has 0 aliphatic heterocycles. The van der Waals surface area contributed by atoms with E-state index in [1.807, 2.05) is 20.8 Å². The third-order valence-corrected chi connectivity index (χ3v) is 11.5. The van der Waals surface area contributed by atoms with Gasteiger partial charge in [-0.1, -0.05) is 33.6 Å². The molecule has 3 heterocycles. The van der Waals surface area contributed by atoms with Crippen LogP contribution in [0.3, 0.4) is 0 Å². The molecule has 0 atom stereocenters. The lowest BCUT2D eigenvalue weighted by Gasteiger charge is -2.19. The van der Waals surface area contributed by atoms with Crippen molar-refractivity contribution in [1.82, 2.24) is 34.7 Å². The maximum absolute atomic E-state index is 15.3. The highest BCUT2D eigenvalue weighted by atomic mass is 32.2. The number of nitrogens with zero attached hydrogens (tertiary/aromatic N) is 6. The van der Waals surface area contributed by atoms with Gasteiger partial charge in [0.05, 0.1) is 40.0 Å². The first-order valence-electron chi connectivity index (χ1n) is 20.4. The fraction of sp³-hybridized carbons (Fsp3) is 0.333. The number of pyridine rings is 2. The van der Waals surface area contributed by atoms with Gasteiger partial charge in [-0.15, -0.1) is 12.3 Å². The molecule has 19 heteroatoms. The van der Waals surface area contributed by atoms with Crippen molar-refractivity contribution in [2.24, 2.45) is 0 Å². The Labute approximate surface area is 370 Å². The minimum Gasteiger partial charge on any atom is -0.457 e. The molecule has 64 heavy (non-hydrogen) atoms. The molecule has 0 aliphatic carbocycles. The number of urea groups is 1. The number of amides is 5. The van der Waals surface area contributed by atoms with E-state index >= 15 is 4.39 Å². The van der Waals surface area contributed by atoms with Gasteiger partial charge < -0.3 is 20.7 Å². The highest BCUT2D eigenvalue weighted by Crippen LogP contribution is 2.30. The van der Waals surface area contributed by atoms with Crippen LogP contribution in [-0.2, 0) is 20.2 Å². The number of carbonyl (C=O) groups excluding carboxylic acids is 4. The number of anilines is 2. The molecule has 0 fully saturated rings. The van der Waals surface area contributed by atoms with Crippen LogP contribution >= 0.6 is 0 Å². The number of benzene rings is 2. The summed E-state index contributed by atoms with van der Waals surface area (Å²) < 4.78 is 48.8. The second-order valence-electron chi connectivity index (χ2n) is 15.5. The Morgan fingerprint density at radius 2 is 1.66 bits per heavy atom. The first kappa shape index (κ1) is 47.7. The van der Waals surface area contributed by atoms with Crippen LogP contribution in [0.1, 0.15) is 92.3 Å². The fourth-order valence-electron chi connectivity index (χ4n) is 6.33. The number of nitrogens with one attached hydrogen (secondary N) is 4. The Hall–Kier alpha value is -7.38. The van der Waals surface area contributed by atoms with Crippen molar-refractivity contribution in [3.05, 3.63) is 95.8 Å². The predicted molar refractivity (Wildman–Crippen MR) is 239 cm³/mol. The lowest BCUT2D eigenvalue weighted by Crippen LogP contribution is -2.38. The van der Waals surface area contributed by atoms with E-state index in [1.165, 1.54) is 48.4 Å². The van der Waals surface area contributed by atoms with Crippen molar-refractivity contribution in [3.63, 3.8) is 0 Å². The molecule has 0 unspecified atom stereocenters. The molecule has 0 aliphatic rings. The van der Waals surface area contributed by atoms with E-state index < -0.39 is 45.6 Å². The molecule has 0 saturated carbocycles. The quantitative estimate of drug-likeness (QED) is 0.0382. The van der Waals surface area contributed by atoms with E-state index in [9.17, 15) is 27.6 Å². The number of sulfonamides is 1. The zero-order valence-electron chi connectivity index (χ0n) is 35.9. The molecule has 5 amide bonds. The number of nitriles is 1. The van der Waals surface area contributed by atoms with Crippen LogP contribution in [0.15, 0.2) is 73.1 Å². The number of hydrogen-bond donors (Lipinski definition) is 4. The first-order chi connectivity index (χ1) is 30.5. The molecule has 17 nitrogen and oxygen atoms in total. The highest BCUT2D eigenvalue weighted by Gasteiger charge is 2.27. The minimum absolute atomic E-state index is 0.0598. The zero-order valence-corrected chi connectivity index (χ0v) is 36.7. The van der Waals surface area contributed by atoms with Crippen LogP contribution in [0.4, 0.5) is 20.7 Å². The summed E-state index contributed by atoms with van der Waals surface area (Å²) in [4.78, 5) is 59.7.